The van der Waals surface area contributed by atoms with Gasteiger partial charge in [0.1, 0.15) is 0 Å². The van der Waals surface area contributed by atoms with Gasteiger partial charge in [0.15, 0.2) is 0 Å². The van der Waals surface area contributed by atoms with E-state index >= 15 is 0 Å². The van der Waals surface area contributed by atoms with E-state index in [1.54, 1.807) is 0 Å². The zero-order valence-corrected chi connectivity index (χ0v) is 22.7. The van der Waals surface area contributed by atoms with Gasteiger partial charge in [-0.15, -0.1) is 23.5 Å². The minimum Gasteiger partial charge on any atom is -0.183 e. The van der Waals surface area contributed by atoms with Crippen LogP contribution in [0.4, 0.5) is 0 Å². The van der Waals surface area contributed by atoms with Crippen molar-refractivity contribution in [1.82, 2.24) is 0 Å². The van der Waals surface area contributed by atoms with Gasteiger partial charge in [0.2, 0.25) is 0 Å². The smallest absolute Gasteiger partial charge is 0.183 e. The molecule has 2 heterocycles. The molecule has 0 N–H and O–H groups in total. The molecule has 29 heavy (non-hydrogen) atoms. The number of rotatable bonds is 0. The van der Waals surface area contributed by atoms with Crippen LogP contribution in [0.1, 0.15) is 0 Å². The minimum absolute atomic E-state index is 0. The molecule has 0 saturated heterocycles. The SMILES string of the molecule is [Cd+2].[c-]1ccc2c(c1)Sc1ccccc1S2.[c-]1ccc2c(c1)Sc1ccccc1S2. The number of hydrogen-bond donors (Lipinski definition) is 0. The van der Waals surface area contributed by atoms with E-state index in [0.29, 0.717) is 0 Å². The summed E-state index contributed by atoms with van der Waals surface area (Å²) in [6.07, 6.45) is 0. The predicted molar refractivity (Wildman–Crippen MR) is 120 cm³/mol. The van der Waals surface area contributed by atoms with Crippen molar-refractivity contribution in [2.24, 2.45) is 0 Å². The average Bonchev–Trinajstić information content (AvgIpc) is 2.76. The van der Waals surface area contributed by atoms with Crippen LogP contribution in [0.25, 0.3) is 0 Å². The first-order valence-electron chi connectivity index (χ1n) is 8.76. The molecule has 5 heteroatoms. The molecule has 4 aromatic rings. The largest absolute Gasteiger partial charge is 2.00 e. The van der Waals surface area contributed by atoms with E-state index in [-0.39, 0.29) is 27.3 Å². The van der Waals surface area contributed by atoms with Gasteiger partial charge in [0, 0.05) is 19.6 Å². The predicted octanol–water partition coefficient (Wildman–Crippen LogP) is 8.20. The van der Waals surface area contributed by atoms with Crippen LogP contribution in [0, 0.1) is 12.1 Å². The Hall–Kier alpha value is -0.798. The normalized spacial score (nSPS) is 12.7. The molecule has 0 nitrogen and oxygen atoms in total. The molecule has 136 valence electrons. The van der Waals surface area contributed by atoms with Crippen molar-refractivity contribution in [3.63, 3.8) is 0 Å². The van der Waals surface area contributed by atoms with Gasteiger partial charge in [-0.2, -0.15) is 72.1 Å². The van der Waals surface area contributed by atoms with Crippen LogP contribution in [0.15, 0.2) is 124 Å². The Balaban J connectivity index is 0.000000137. The van der Waals surface area contributed by atoms with Crippen molar-refractivity contribution < 1.29 is 27.3 Å². The molecule has 0 aromatic heterocycles. The second-order valence-corrected chi connectivity index (χ2v) is 10.4. The van der Waals surface area contributed by atoms with Gasteiger partial charge in [-0.25, -0.2) is 0 Å². The summed E-state index contributed by atoms with van der Waals surface area (Å²) < 4.78 is 0. The number of hydrogen-bond acceptors (Lipinski definition) is 4. The van der Waals surface area contributed by atoms with E-state index in [1.807, 2.05) is 59.2 Å². The van der Waals surface area contributed by atoms with Crippen LogP contribution in [0.3, 0.4) is 0 Å². The summed E-state index contributed by atoms with van der Waals surface area (Å²) in [5.74, 6) is 0. The van der Waals surface area contributed by atoms with E-state index in [9.17, 15) is 0 Å². The first-order chi connectivity index (χ1) is 13.9. The molecule has 0 saturated carbocycles. The maximum Gasteiger partial charge on any atom is 2.00 e. The van der Waals surface area contributed by atoms with E-state index < -0.39 is 0 Å². The van der Waals surface area contributed by atoms with E-state index in [0.717, 1.165) is 0 Å². The van der Waals surface area contributed by atoms with Gasteiger partial charge >= 0.3 is 27.3 Å². The summed E-state index contributed by atoms with van der Waals surface area (Å²) >= 11 is 7.34. The molecule has 0 bridgehead atoms. The Morgan fingerprint density at radius 3 is 1.10 bits per heavy atom. The Bertz CT molecular complexity index is 877. The molecule has 0 radical (unpaired) electrons. The van der Waals surface area contributed by atoms with Crippen molar-refractivity contribution in [1.29, 1.82) is 0 Å². The Kier molecular flexibility index (Phi) is 7.40. The second-order valence-electron chi connectivity index (χ2n) is 6.05. The molecule has 2 aliphatic heterocycles. The third-order valence-corrected chi connectivity index (χ3v) is 9.24. The fraction of sp³-hybridized carbons (Fsp3) is 0. The summed E-state index contributed by atoms with van der Waals surface area (Å²) in [7, 11) is 0. The summed E-state index contributed by atoms with van der Waals surface area (Å²) in [4.78, 5) is 10.7. The van der Waals surface area contributed by atoms with Crippen LogP contribution in [0.5, 0.6) is 0 Å². The third-order valence-electron chi connectivity index (χ3n) is 4.15. The maximum atomic E-state index is 3.12. The molecular weight excluding hydrogens is 529 g/mol. The van der Waals surface area contributed by atoms with Crippen molar-refractivity contribution in [3.8, 4) is 0 Å². The first-order valence-corrected chi connectivity index (χ1v) is 12.0. The van der Waals surface area contributed by atoms with Gasteiger partial charge < -0.3 is 0 Å². The summed E-state index contributed by atoms with van der Waals surface area (Å²) in [6.45, 7) is 0. The van der Waals surface area contributed by atoms with Crippen LogP contribution < -0.4 is 0 Å². The minimum atomic E-state index is 0. The monoisotopic (exact) mass is 544 g/mol. The maximum absolute atomic E-state index is 3.12. The number of benzene rings is 4. The van der Waals surface area contributed by atoms with Crippen LogP contribution >= 0.6 is 47.0 Å². The van der Waals surface area contributed by atoms with Crippen molar-refractivity contribution in [2.45, 2.75) is 39.2 Å². The van der Waals surface area contributed by atoms with Crippen LogP contribution in [-0.4, -0.2) is 0 Å². The molecule has 0 unspecified atom stereocenters. The summed E-state index contributed by atoms with van der Waals surface area (Å²) in [5, 5.41) is 0. The van der Waals surface area contributed by atoms with Gasteiger partial charge in [-0.05, 0) is 24.3 Å². The molecule has 6 rings (SSSR count). The molecule has 0 amide bonds. The fourth-order valence-corrected chi connectivity index (χ4v) is 7.23. The number of fused-ring (bicyclic) bond motifs is 4. The quantitative estimate of drug-likeness (QED) is 0.140. The van der Waals surface area contributed by atoms with Gasteiger partial charge in [0.25, 0.3) is 0 Å². The molecule has 0 atom stereocenters. The first kappa shape index (κ1) is 21.4. The van der Waals surface area contributed by atoms with E-state index in [2.05, 4.69) is 84.9 Å². The molecular formula is C24H14CdS4. The standard InChI is InChI=1S/2C12H7S2.Cd/c2*1-2-6-10-9(5-1)13-11-7-3-4-8-12(11)14-10;/h2*1-3,5-8H;/q2*-1;+2. The van der Waals surface area contributed by atoms with Gasteiger partial charge in [0.05, 0.1) is 0 Å². The molecule has 0 aliphatic carbocycles. The topological polar surface area (TPSA) is 0 Å². The van der Waals surface area contributed by atoms with Crippen molar-refractivity contribution >= 4 is 47.0 Å². The average molecular weight is 543 g/mol. The molecule has 2 aliphatic rings. The van der Waals surface area contributed by atoms with Crippen LogP contribution in [0.2, 0.25) is 0 Å². The zero-order valence-electron chi connectivity index (χ0n) is 15.4. The van der Waals surface area contributed by atoms with E-state index in [4.69, 9.17) is 0 Å². The van der Waals surface area contributed by atoms with E-state index in [1.165, 1.54) is 39.2 Å². The van der Waals surface area contributed by atoms with Gasteiger partial charge in [-0.3, -0.25) is 0 Å². The zero-order chi connectivity index (χ0) is 18.8. The third kappa shape index (κ3) is 4.93. The van der Waals surface area contributed by atoms with Gasteiger partial charge in [-0.1, -0.05) is 43.8 Å². The van der Waals surface area contributed by atoms with Crippen LogP contribution in [-0.2, 0) is 27.3 Å². The van der Waals surface area contributed by atoms with Crippen molar-refractivity contribution in [3.05, 3.63) is 97.1 Å². The Morgan fingerprint density at radius 1 is 0.414 bits per heavy atom. The molecule has 4 aromatic carbocycles. The second kappa shape index (κ2) is 10.0. The van der Waals surface area contributed by atoms with Crippen molar-refractivity contribution in [2.75, 3.05) is 0 Å². The summed E-state index contributed by atoms with van der Waals surface area (Å²) in [6, 6.07) is 35.6. The fourth-order valence-electron chi connectivity index (χ4n) is 2.84. The molecule has 0 spiro atoms. The summed E-state index contributed by atoms with van der Waals surface area (Å²) in [5.41, 5.74) is 0. The molecule has 0 fully saturated rings. The Labute approximate surface area is 208 Å². The Morgan fingerprint density at radius 2 is 0.724 bits per heavy atom.